The first-order chi connectivity index (χ1) is 9.22. The van der Waals surface area contributed by atoms with Gasteiger partial charge in [-0.25, -0.2) is 0 Å². The number of likely N-dealkylation sites (N-methyl/N-ethyl adjacent to an activating group) is 1. The molecule has 4 heteroatoms. The lowest BCUT2D eigenvalue weighted by Gasteiger charge is -2.35. The van der Waals surface area contributed by atoms with Crippen LogP contribution in [-0.2, 0) is 11.3 Å². The molecule has 3 rings (SSSR count). The standard InChI is InChI=1S/C15H24N2OS/c1-16(2)10-15-14-5-6-17(8-12(14)11-18-15)9-13-4-3-7-19-13/h3-4,7,12,14-15H,5-6,8-11H2,1-2H3/t12-,14-,15-/m0/s1. The number of likely N-dealkylation sites (tertiary alicyclic amines) is 1. The molecule has 19 heavy (non-hydrogen) atoms. The molecule has 0 amide bonds. The molecule has 2 saturated heterocycles. The molecule has 0 unspecified atom stereocenters. The fourth-order valence-electron chi connectivity index (χ4n) is 3.48. The van der Waals surface area contributed by atoms with Crippen molar-refractivity contribution in [1.82, 2.24) is 9.80 Å². The Bertz CT molecular complexity index is 393. The molecule has 2 aliphatic heterocycles. The van der Waals surface area contributed by atoms with Crippen molar-refractivity contribution >= 4 is 11.3 Å². The largest absolute Gasteiger partial charge is 0.376 e. The molecule has 0 N–H and O–H groups in total. The van der Waals surface area contributed by atoms with Gasteiger partial charge in [0.1, 0.15) is 0 Å². The normalized spacial score (nSPS) is 31.8. The summed E-state index contributed by atoms with van der Waals surface area (Å²) < 4.78 is 6.03. The van der Waals surface area contributed by atoms with Crippen LogP contribution in [0, 0.1) is 11.8 Å². The highest BCUT2D eigenvalue weighted by molar-refractivity contribution is 7.09. The molecule has 3 atom stereocenters. The van der Waals surface area contributed by atoms with Gasteiger partial charge < -0.3 is 9.64 Å². The van der Waals surface area contributed by atoms with Gasteiger partial charge >= 0.3 is 0 Å². The Morgan fingerprint density at radius 1 is 1.47 bits per heavy atom. The van der Waals surface area contributed by atoms with E-state index < -0.39 is 0 Å². The third-order valence-corrected chi connectivity index (χ3v) is 5.24. The Balaban J connectivity index is 1.55. The number of piperidine rings is 1. The van der Waals surface area contributed by atoms with Crippen molar-refractivity contribution in [1.29, 1.82) is 0 Å². The van der Waals surface area contributed by atoms with Crippen LogP contribution < -0.4 is 0 Å². The van der Waals surface area contributed by atoms with E-state index in [9.17, 15) is 0 Å². The minimum Gasteiger partial charge on any atom is -0.376 e. The molecule has 106 valence electrons. The van der Waals surface area contributed by atoms with Gasteiger partial charge in [0, 0.05) is 30.4 Å². The Labute approximate surface area is 120 Å². The summed E-state index contributed by atoms with van der Waals surface area (Å²) in [6.45, 7) is 5.61. The average molecular weight is 280 g/mol. The molecule has 0 saturated carbocycles. The van der Waals surface area contributed by atoms with Crippen molar-refractivity contribution in [3.05, 3.63) is 22.4 Å². The summed E-state index contributed by atoms with van der Waals surface area (Å²) >= 11 is 1.87. The molecular formula is C15H24N2OS. The van der Waals surface area contributed by atoms with Gasteiger partial charge in [-0.2, -0.15) is 0 Å². The van der Waals surface area contributed by atoms with Crippen molar-refractivity contribution in [2.24, 2.45) is 11.8 Å². The smallest absolute Gasteiger partial charge is 0.0734 e. The number of fused-ring (bicyclic) bond motifs is 1. The molecule has 0 aromatic carbocycles. The van der Waals surface area contributed by atoms with Crippen LogP contribution >= 0.6 is 11.3 Å². The number of ether oxygens (including phenoxy) is 1. The first-order valence-corrected chi connectivity index (χ1v) is 8.11. The summed E-state index contributed by atoms with van der Waals surface area (Å²) in [5.41, 5.74) is 0. The maximum absolute atomic E-state index is 6.03. The molecule has 3 nitrogen and oxygen atoms in total. The van der Waals surface area contributed by atoms with Gasteiger partial charge in [0.2, 0.25) is 0 Å². The molecule has 0 bridgehead atoms. The van der Waals surface area contributed by atoms with Gasteiger partial charge in [0.15, 0.2) is 0 Å². The Kier molecular flexibility index (Phi) is 4.22. The second-order valence-electron chi connectivity index (χ2n) is 6.16. The first kappa shape index (κ1) is 13.6. The second-order valence-corrected chi connectivity index (χ2v) is 7.19. The number of nitrogens with zero attached hydrogens (tertiary/aromatic N) is 2. The van der Waals surface area contributed by atoms with Crippen molar-refractivity contribution in [2.45, 2.75) is 19.1 Å². The molecular weight excluding hydrogens is 256 g/mol. The van der Waals surface area contributed by atoms with Gasteiger partial charge in [-0.3, -0.25) is 4.90 Å². The van der Waals surface area contributed by atoms with Crippen LogP contribution in [0.4, 0.5) is 0 Å². The molecule has 0 aliphatic carbocycles. The van der Waals surface area contributed by atoms with E-state index in [-0.39, 0.29) is 0 Å². The van der Waals surface area contributed by atoms with E-state index in [0.29, 0.717) is 6.10 Å². The Hall–Kier alpha value is -0.420. The van der Waals surface area contributed by atoms with Crippen molar-refractivity contribution in [3.8, 4) is 0 Å². The number of rotatable bonds is 4. The zero-order valence-electron chi connectivity index (χ0n) is 11.9. The zero-order valence-corrected chi connectivity index (χ0v) is 12.7. The van der Waals surface area contributed by atoms with E-state index >= 15 is 0 Å². The van der Waals surface area contributed by atoms with Crippen LogP contribution in [0.2, 0.25) is 0 Å². The summed E-state index contributed by atoms with van der Waals surface area (Å²) in [5, 5.41) is 2.17. The molecule has 0 spiro atoms. The minimum absolute atomic E-state index is 0.462. The SMILES string of the molecule is CN(C)C[C@@H]1OC[C@@H]2CN(Cc3cccs3)CC[C@@H]21. The fourth-order valence-corrected chi connectivity index (χ4v) is 4.22. The lowest BCUT2D eigenvalue weighted by atomic mass is 9.84. The van der Waals surface area contributed by atoms with E-state index in [2.05, 4.69) is 41.4 Å². The first-order valence-electron chi connectivity index (χ1n) is 7.23. The second kappa shape index (κ2) is 5.92. The summed E-state index contributed by atoms with van der Waals surface area (Å²) in [6, 6.07) is 4.40. The molecule has 2 aliphatic rings. The summed E-state index contributed by atoms with van der Waals surface area (Å²) in [4.78, 5) is 6.35. The summed E-state index contributed by atoms with van der Waals surface area (Å²) in [6.07, 6.45) is 1.76. The molecule has 3 heterocycles. The quantitative estimate of drug-likeness (QED) is 0.840. The topological polar surface area (TPSA) is 15.7 Å². The van der Waals surface area contributed by atoms with E-state index in [0.717, 1.165) is 31.5 Å². The van der Waals surface area contributed by atoms with Crippen LogP contribution in [0.15, 0.2) is 17.5 Å². The summed E-state index contributed by atoms with van der Waals surface area (Å²) in [7, 11) is 4.28. The van der Waals surface area contributed by atoms with E-state index in [1.807, 2.05) is 11.3 Å². The fraction of sp³-hybridized carbons (Fsp3) is 0.733. The third kappa shape index (κ3) is 3.19. The van der Waals surface area contributed by atoms with E-state index in [1.54, 1.807) is 0 Å². The van der Waals surface area contributed by atoms with Crippen LogP contribution in [0.1, 0.15) is 11.3 Å². The molecule has 1 aromatic heterocycles. The predicted molar refractivity (Wildman–Crippen MR) is 79.5 cm³/mol. The molecule has 2 fully saturated rings. The van der Waals surface area contributed by atoms with Crippen molar-refractivity contribution < 1.29 is 4.74 Å². The number of hydrogen-bond donors (Lipinski definition) is 0. The predicted octanol–water partition coefficient (Wildman–Crippen LogP) is 2.15. The van der Waals surface area contributed by atoms with E-state index in [4.69, 9.17) is 4.74 Å². The average Bonchev–Trinajstić information content (AvgIpc) is 2.99. The minimum atomic E-state index is 0.462. The van der Waals surface area contributed by atoms with Crippen LogP contribution in [0.25, 0.3) is 0 Å². The lowest BCUT2D eigenvalue weighted by Crippen LogP contribution is -2.42. The van der Waals surface area contributed by atoms with Gasteiger partial charge in [-0.05, 0) is 44.4 Å². The van der Waals surface area contributed by atoms with Gasteiger partial charge in [-0.15, -0.1) is 11.3 Å². The zero-order chi connectivity index (χ0) is 13.2. The van der Waals surface area contributed by atoms with Crippen molar-refractivity contribution in [2.75, 3.05) is 40.3 Å². The maximum atomic E-state index is 6.03. The van der Waals surface area contributed by atoms with Crippen molar-refractivity contribution in [3.63, 3.8) is 0 Å². The Morgan fingerprint density at radius 2 is 2.37 bits per heavy atom. The molecule has 1 aromatic rings. The highest BCUT2D eigenvalue weighted by Crippen LogP contribution is 2.35. The van der Waals surface area contributed by atoms with Gasteiger partial charge in [0.25, 0.3) is 0 Å². The highest BCUT2D eigenvalue weighted by Gasteiger charge is 2.40. The maximum Gasteiger partial charge on any atom is 0.0734 e. The molecule has 0 radical (unpaired) electrons. The highest BCUT2D eigenvalue weighted by atomic mass is 32.1. The van der Waals surface area contributed by atoms with Gasteiger partial charge in [-0.1, -0.05) is 6.07 Å². The summed E-state index contributed by atoms with van der Waals surface area (Å²) in [5.74, 6) is 1.53. The lowest BCUT2D eigenvalue weighted by molar-refractivity contribution is 0.0626. The Morgan fingerprint density at radius 3 is 3.11 bits per heavy atom. The van der Waals surface area contributed by atoms with Crippen LogP contribution in [-0.4, -0.2) is 56.2 Å². The van der Waals surface area contributed by atoms with Crippen LogP contribution in [0.3, 0.4) is 0 Å². The van der Waals surface area contributed by atoms with Crippen LogP contribution in [0.5, 0.6) is 0 Å². The third-order valence-electron chi connectivity index (χ3n) is 4.38. The van der Waals surface area contributed by atoms with E-state index in [1.165, 1.54) is 24.4 Å². The number of thiophene rings is 1. The van der Waals surface area contributed by atoms with Gasteiger partial charge in [0.05, 0.1) is 12.7 Å². The number of hydrogen-bond acceptors (Lipinski definition) is 4. The monoisotopic (exact) mass is 280 g/mol.